The van der Waals surface area contributed by atoms with Gasteiger partial charge in [-0.05, 0) is 54.8 Å². The standard InChI is InChI=1S/C17H18FNOS/c18-13-4-8-16(9-5-13)21-11-17(19)12-2-1-3-15(10-12)20-14-6-7-14/h1-5,8-10,14,17H,6-7,11,19H2. The van der Waals surface area contributed by atoms with Crippen molar-refractivity contribution in [2.45, 2.75) is 29.9 Å². The third-order valence-electron chi connectivity index (χ3n) is 3.36. The van der Waals surface area contributed by atoms with Gasteiger partial charge in [0.1, 0.15) is 11.6 Å². The van der Waals surface area contributed by atoms with Gasteiger partial charge >= 0.3 is 0 Å². The van der Waals surface area contributed by atoms with E-state index in [1.807, 2.05) is 24.3 Å². The Bertz CT molecular complexity index is 598. The number of rotatable bonds is 6. The normalized spacial score (nSPS) is 15.7. The molecule has 0 saturated heterocycles. The minimum atomic E-state index is -0.214. The van der Waals surface area contributed by atoms with Crippen molar-refractivity contribution < 1.29 is 9.13 Å². The minimum absolute atomic E-state index is 0.0668. The highest BCUT2D eigenvalue weighted by molar-refractivity contribution is 7.99. The lowest BCUT2D eigenvalue weighted by Crippen LogP contribution is -2.13. The van der Waals surface area contributed by atoms with E-state index in [2.05, 4.69) is 0 Å². The summed E-state index contributed by atoms with van der Waals surface area (Å²) in [6, 6.07) is 14.4. The lowest BCUT2D eigenvalue weighted by Gasteiger charge is -2.13. The Morgan fingerprint density at radius 1 is 1.19 bits per heavy atom. The summed E-state index contributed by atoms with van der Waals surface area (Å²) in [6.07, 6.45) is 2.69. The molecule has 1 atom stereocenters. The number of halogens is 1. The van der Waals surface area contributed by atoms with Crippen LogP contribution in [-0.4, -0.2) is 11.9 Å². The molecule has 2 aromatic rings. The molecule has 1 aliphatic rings. The van der Waals surface area contributed by atoms with Gasteiger partial charge in [-0.2, -0.15) is 0 Å². The van der Waals surface area contributed by atoms with Crippen LogP contribution in [0.25, 0.3) is 0 Å². The zero-order valence-electron chi connectivity index (χ0n) is 11.7. The second-order valence-corrected chi connectivity index (χ2v) is 6.35. The molecule has 2 nitrogen and oxygen atoms in total. The molecule has 0 amide bonds. The van der Waals surface area contributed by atoms with Crippen LogP contribution in [0.3, 0.4) is 0 Å². The Balaban J connectivity index is 1.58. The molecular weight excluding hydrogens is 285 g/mol. The largest absolute Gasteiger partial charge is 0.490 e. The van der Waals surface area contributed by atoms with Crippen LogP contribution in [0.15, 0.2) is 53.4 Å². The van der Waals surface area contributed by atoms with Gasteiger partial charge in [-0.15, -0.1) is 11.8 Å². The second kappa shape index (κ2) is 6.50. The van der Waals surface area contributed by atoms with Gasteiger partial charge in [-0.3, -0.25) is 0 Å². The molecule has 1 unspecified atom stereocenters. The summed E-state index contributed by atoms with van der Waals surface area (Å²) in [7, 11) is 0. The van der Waals surface area contributed by atoms with Crippen LogP contribution in [0.4, 0.5) is 4.39 Å². The van der Waals surface area contributed by atoms with Crippen molar-refractivity contribution in [1.82, 2.24) is 0 Å². The maximum Gasteiger partial charge on any atom is 0.123 e. The van der Waals surface area contributed by atoms with E-state index in [-0.39, 0.29) is 11.9 Å². The molecular formula is C17H18FNOS. The summed E-state index contributed by atoms with van der Waals surface area (Å²) in [5.41, 5.74) is 7.31. The van der Waals surface area contributed by atoms with E-state index in [0.717, 1.165) is 34.8 Å². The van der Waals surface area contributed by atoms with Crippen LogP contribution in [0.1, 0.15) is 24.4 Å². The summed E-state index contributed by atoms with van der Waals surface area (Å²) >= 11 is 1.63. The van der Waals surface area contributed by atoms with E-state index in [1.165, 1.54) is 12.1 Å². The number of hydrogen-bond donors (Lipinski definition) is 1. The van der Waals surface area contributed by atoms with Crippen LogP contribution >= 0.6 is 11.8 Å². The number of thioether (sulfide) groups is 1. The molecule has 0 bridgehead atoms. The first kappa shape index (κ1) is 14.4. The zero-order valence-corrected chi connectivity index (χ0v) is 12.5. The molecule has 1 aliphatic carbocycles. The van der Waals surface area contributed by atoms with E-state index in [0.29, 0.717) is 6.10 Å². The van der Waals surface area contributed by atoms with Crippen LogP contribution in [-0.2, 0) is 0 Å². The molecule has 1 saturated carbocycles. The number of hydrogen-bond acceptors (Lipinski definition) is 3. The van der Waals surface area contributed by atoms with Gasteiger partial charge in [0.15, 0.2) is 0 Å². The fraction of sp³-hybridized carbons (Fsp3) is 0.294. The number of ether oxygens (including phenoxy) is 1. The zero-order chi connectivity index (χ0) is 14.7. The first-order valence-electron chi connectivity index (χ1n) is 7.11. The van der Waals surface area contributed by atoms with Crippen molar-refractivity contribution >= 4 is 11.8 Å². The highest BCUT2D eigenvalue weighted by Gasteiger charge is 2.23. The molecule has 0 aromatic heterocycles. The minimum Gasteiger partial charge on any atom is -0.490 e. The highest BCUT2D eigenvalue weighted by atomic mass is 32.2. The van der Waals surface area contributed by atoms with Crippen LogP contribution in [0, 0.1) is 5.82 Å². The predicted molar refractivity (Wildman–Crippen MR) is 84.1 cm³/mol. The monoisotopic (exact) mass is 303 g/mol. The van der Waals surface area contributed by atoms with Crippen LogP contribution in [0.5, 0.6) is 5.75 Å². The van der Waals surface area contributed by atoms with E-state index in [1.54, 1.807) is 23.9 Å². The van der Waals surface area contributed by atoms with Gasteiger partial charge in [-0.25, -0.2) is 4.39 Å². The summed E-state index contributed by atoms with van der Waals surface area (Å²) in [4.78, 5) is 1.03. The van der Waals surface area contributed by atoms with Crippen molar-refractivity contribution in [1.29, 1.82) is 0 Å². The van der Waals surface area contributed by atoms with Gasteiger partial charge in [-0.1, -0.05) is 12.1 Å². The van der Waals surface area contributed by atoms with E-state index in [4.69, 9.17) is 10.5 Å². The third kappa shape index (κ3) is 4.22. The average Bonchev–Trinajstić information content (AvgIpc) is 3.30. The van der Waals surface area contributed by atoms with Crippen LogP contribution < -0.4 is 10.5 Å². The van der Waals surface area contributed by atoms with Crippen molar-refractivity contribution in [2.24, 2.45) is 5.73 Å². The fourth-order valence-electron chi connectivity index (χ4n) is 2.01. The van der Waals surface area contributed by atoms with E-state index in [9.17, 15) is 4.39 Å². The maximum absolute atomic E-state index is 12.9. The Morgan fingerprint density at radius 2 is 1.95 bits per heavy atom. The van der Waals surface area contributed by atoms with E-state index >= 15 is 0 Å². The molecule has 2 N–H and O–H groups in total. The summed E-state index contributed by atoms with van der Waals surface area (Å²) in [5.74, 6) is 1.43. The molecule has 21 heavy (non-hydrogen) atoms. The van der Waals surface area contributed by atoms with Crippen molar-refractivity contribution in [2.75, 3.05) is 5.75 Å². The topological polar surface area (TPSA) is 35.2 Å². The molecule has 0 spiro atoms. The molecule has 2 aromatic carbocycles. The number of benzene rings is 2. The third-order valence-corrected chi connectivity index (χ3v) is 4.49. The molecule has 4 heteroatoms. The molecule has 3 rings (SSSR count). The number of nitrogens with two attached hydrogens (primary N) is 1. The first-order valence-corrected chi connectivity index (χ1v) is 8.10. The molecule has 0 aliphatic heterocycles. The Morgan fingerprint density at radius 3 is 2.67 bits per heavy atom. The molecule has 0 radical (unpaired) electrons. The quantitative estimate of drug-likeness (QED) is 0.814. The van der Waals surface area contributed by atoms with Gasteiger partial charge in [0, 0.05) is 16.7 Å². The van der Waals surface area contributed by atoms with Crippen molar-refractivity contribution in [3.8, 4) is 5.75 Å². The average molecular weight is 303 g/mol. The summed E-state index contributed by atoms with van der Waals surface area (Å²) in [5, 5.41) is 0. The predicted octanol–water partition coefficient (Wildman–Crippen LogP) is 4.16. The van der Waals surface area contributed by atoms with E-state index < -0.39 is 0 Å². The summed E-state index contributed by atoms with van der Waals surface area (Å²) in [6.45, 7) is 0. The molecule has 1 fully saturated rings. The SMILES string of the molecule is NC(CSc1ccc(F)cc1)c1cccc(OC2CC2)c1. The van der Waals surface area contributed by atoms with Gasteiger partial charge in [0.25, 0.3) is 0 Å². The Labute approximate surface area is 128 Å². The van der Waals surface area contributed by atoms with Crippen molar-refractivity contribution in [3.05, 3.63) is 59.9 Å². The Hall–Kier alpha value is -1.52. The molecule has 0 heterocycles. The van der Waals surface area contributed by atoms with Gasteiger partial charge in [0.05, 0.1) is 6.10 Å². The summed E-state index contributed by atoms with van der Waals surface area (Å²) < 4.78 is 18.6. The fourth-order valence-corrected chi connectivity index (χ4v) is 2.90. The molecule has 110 valence electrons. The lowest BCUT2D eigenvalue weighted by molar-refractivity contribution is 0.303. The smallest absolute Gasteiger partial charge is 0.123 e. The first-order chi connectivity index (χ1) is 10.2. The maximum atomic E-state index is 12.9. The van der Waals surface area contributed by atoms with Crippen LogP contribution in [0.2, 0.25) is 0 Å². The van der Waals surface area contributed by atoms with Gasteiger partial charge < -0.3 is 10.5 Å². The lowest BCUT2D eigenvalue weighted by atomic mass is 10.1. The Kier molecular flexibility index (Phi) is 4.46. The second-order valence-electron chi connectivity index (χ2n) is 5.26. The highest BCUT2D eigenvalue weighted by Crippen LogP contribution is 2.29. The van der Waals surface area contributed by atoms with Crippen molar-refractivity contribution in [3.63, 3.8) is 0 Å². The van der Waals surface area contributed by atoms with Gasteiger partial charge in [0.2, 0.25) is 0 Å².